The molecule has 0 aliphatic carbocycles. The van der Waals surface area contributed by atoms with Crippen LogP contribution < -0.4 is 0 Å². The van der Waals surface area contributed by atoms with E-state index in [1.165, 1.54) is 12.8 Å². The van der Waals surface area contributed by atoms with Gasteiger partial charge in [0.15, 0.2) is 0 Å². The SMILES string of the molecule is CCCCC(CC)COS(=O)OCC(C)C. The molecule has 2 unspecified atom stereocenters. The van der Waals surface area contributed by atoms with E-state index in [2.05, 4.69) is 13.8 Å². The molecule has 0 rings (SSSR count). The molecule has 0 bridgehead atoms. The summed E-state index contributed by atoms with van der Waals surface area (Å²) in [5, 5.41) is 0. The summed E-state index contributed by atoms with van der Waals surface area (Å²) in [6, 6.07) is 0. The van der Waals surface area contributed by atoms with Gasteiger partial charge in [0.05, 0.1) is 13.2 Å². The molecule has 0 N–H and O–H groups in total. The second-order valence-electron chi connectivity index (χ2n) is 4.58. The average molecular weight is 250 g/mol. The molecule has 0 spiro atoms. The van der Waals surface area contributed by atoms with Crippen molar-refractivity contribution < 1.29 is 12.6 Å². The van der Waals surface area contributed by atoms with E-state index in [0.717, 1.165) is 12.8 Å². The Bertz CT molecular complexity index is 183. The molecule has 16 heavy (non-hydrogen) atoms. The lowest BCUT2D eigenvalue weighted by Crippen LogP contribution is -2.13. The molecule has 0 saturated heterocycles. The van der Waals surface area contributed by atoms with Gasteiger partial charge in [-0.05, 0) is 18.3 Å². The minimum Gasteiger partial charge on any atom is -0.268 e. The quantitative estimate of drug-likeness (QED) is 0.595. The van der Waals surface area contributed by atoms with Crippen LogP contribution in [0.2, 0.25) is 0 Å². The van der Waals surface area contributed by atoms with Crippen LogP contribution in [0.25, 0.3) is 0 Å². The van der Waals surface area contributed by atoms with Crippen molar-refractivity contribution in [2.24, 2.45) is 11.8 Å². The minimum atomic E-state index is -1.57. The Balaban J connectivity index is 3.62. The minimum absolute atomic E-state index is 0.384. The van der Waals surface area contributed by atoms with Crippen molar-refractivity contribution >= 4 is 11.4 Å². The molecule has 0 radical (unpaired) electrons. The van der Waals surface area contributed by atoms with Crippen molar-refractivity contribution in [1.82, 2.24) is 0 Å². The number of unbranched alkanes of at least 4 members (excludes halogenated alkanes) is 1. The first-order chi connectivity index (χ1) is 7.60. The molecule has 2 atom stereocenters. The third kappa shape index (κ3) is 9.31. The summed E-state index contributed by atoms with van der Waals surface area (Å²) >= 11 is -1.57. The normalized spacial score (nSPS) is 15.3. The highest BCUT2D eigenvalue weighted by molar-refractivity contribution is 7.75. The maximum absolute atomic E-state index is 11.3. The summed E-state index contributed by atoms with van der Waals surface area (Å²) < 4.78 is 21.6. The number of hydrogen-bond donors (Lipinski definition) is 0. The van der Waals surface area contributed by atoms with Crippen LogP contribution in [0, 0.1) is 11.8 Å². The predicted octanol–water partition coefficient (Wildman–Crippen LogP) is 3.47. The lowest BCUT2D eigenvalue weighted by atomic mass is 10.0. The molecule has 0 aliphatic heterocycles. The largest absolute Gasteiger partial charge is 0.304 e. The topological polar surface area (TPSA) is 35.5 Å². The monoisotopic (exact) mass is 250 g/mol. The zero-order chi connectivity index (χ0) is 12.4. The van der Waals surface area contributed by atoms with E-state index in [-0.39, 0.29) is 0 Å². The van der Waals surface area contributed by atoms with Gasteiger partial charge in [-0.3, -0.25) is 8.37 Å². The van der Waals surface area contributed by atoms with Gasteiger partial charge >= 0.3 is 11.4 Å². The first-order valence-electron chi connectivity index (χ1n) is 6.28. The Labute approximate surface area is 103 Å². The second-order valence-corrected chi connectivity index (χ2v) is 5.46. The highest BCUT2D eigenvalue weighted by Gasteiger charge is 2.09. The molecular formula is C12H26O3S. The van der Waals surface area contributed by atoms with Gasteiger partial charge in [0.2, 0.25) is 0 Å². The average Bonchev–Trinajstić information content (AvgIpc) is 2.26. The number of rotatable bonds is 10. The molecule has 0 aliphatic rings. The standard InChI is InChI=1S/C12H26O3S/c1-5-7-8-12(6-2)10-15-16(13)14-9-11(3)4/h11-12H,5-10H2,1-4H3. The highest BCUT2D eigenvalue weighted by Crippen LogP contribution is 2.13. The van der Waals surface area contributed by atoms with Crippen molar-refractivity contribution in [2.75, 3.05) is 13.2 Å². The summed E-state index contributed by atoms with van der Waals surface area (Å²) in [4.78, 5) is 0. The van der Waals surface area contributed by atoms with Crippen LogP contribution in [-0.4, -0.2) is 17.4 Å². The van der Waals surface area contributed by atoms with Crippen LogP contribution in [0.5, 0.6) is 0 Å². The van der Waals surface area contributed by atoms with Crippen LogP contribution in [0.3, 0.4) is 0 Å². The van der Waals surface area contributed by atoms with Crippen molar-refractivity contribution in [2.45, 2.75) is 53.4 Å². The maximum atomic E-state index is 11.3. The van der Waals surface area contributed by atoms with E-state index >= 15 is 0 Å². The van der Waals surface area contributed by atoms with E-state index in [0.29, 0.717) is 25.0 Å². The number of hydrogen-bond acceptors (Lipinski definition) is 3. The first-order valence-corrected chi connectivity index (χ1v) is 7.28. The van der Waals surface area contributed by atoms with Crippen LogP contribution in [0.1, 0.15) is 53.4 Å². The summed E-state index contributed by atoms with van der Waals surface area (Å²) in [5.74, 6) is 0.890. The maximum Gasteiger partial charge on any atom is 0.304 e. The van der Waals surface area contributed by atoms with Crippen LogP contribution in [0.15, 0.2) is 0 Å². The Morgan fingerprint density at radius 1 is 1.12 bits per heavy atom. The van der Waals surface area contributed by atoms with Crippen LogP contribution in [-0.2, 0) is 19.7 Å². The zero-order valence-corrected chi connectivity index (χ0v) is 11.8. The smallest absolute Gasteiger partial charge is 0.268 e. The molecule has 0 aromatic rings. The van der Waals surface area contributed by atoms with Gasteiger partial charge in [0, 0.05) is 0 Å². The molecule has 0 aromatic carbocycles. The van der Waals surface area contributed by atoms with Crippen molar-refractivity contribution in [3.63, 3.8) is 0 Å². The molecule has 0 saturated carbocycles. The Morgan fingerprint density at radius 2 is 1.75 bits per heavy atom. The van der Waals surface area contributed by atoms with Gasteiger partial charge < -0.3 is 0 Å². The molecule has 98 valence electrons. The Morgan fingerprint density at radius 3 is 2.25 bits per heavy atom. The molecule has 0 fully saturated rings. The second kappa shape index (κ2) is 10.2. The lowest BCUT2D eigenvalue weighted by Gasteiger charge is -2.13. The molecule has 0 amide bonds. The Kier molecular flexibility index (Phi) is 10.3. The zero-order valence-electron chi connectivity index (χ0n) is 11.0. The van der Waals surface area contributed by atoms with E-state index in [9.17, 15) is 4.21 Å². The molecule has 0 aromatic heterocycles. The fraction of sp³-hybridized carbons (Fsp3) is 1.00. The fourth-order valence-electron chi connectivity index (χ4n) is 1.28. The summed E-state index contributed by atoms with van der Waals surface area (Å²) in [5.41, 5.74) is 0. The van der Waals surface area contributed by atoms with E-state index in [4.69, 9.17) is 8.37 Å². The summed E-state index contributed by atoms with van der Waals surface area (Å²) in [6.45, 7) is 9.39. The van der Waals surface area contributed by atoms with E-state index < -0.39 is 11.4 Å². The van der Waals surface area contributed by atoms with Gasteiger partial charge in [0.25, 0.3) is 0 Å². The van der Waals surface area contributed by atoms with Crippen molar-refractivity contribution in [3.8, 4) is 0 Å². The van der Waals surface area contributed by atoms with Gasteiger partial charge in [-0.15, -0.1) is 0 Å². The van der Waals surface area contributed by atoms with Gasteiger partial charge in [0.1, 0.15) is 0 Å². The predicted molar refractivity (Wildman–Crippen MR) is 68.2 cm³/mol. The molecule has 0 heterocycles. The molecule has 3 nitrogen and oxygen atoms in total. The third-order valence-corrected chi connectivity index (χ3v) is 3.10. The van der Waals surface area contributed by atoms with Crippen molar-refractivity contribution in [1.29, 1.82) is 0 Å². The summed E-state index contributed by atoms with van der Waals surface area (Å²) in [6.07, 6.45) is 4.63. The first kappa shape index (κ1) is 16.1. The highest BCUT2D eigenvalue weighted by atomic mass is 32.2. The Hall–Kier alpha value is 0.0700. The van der Waals surface area contributed by atoms with E-state index in [1.807, 2.05) is 13.8 Å². The van der Waals surface area contributed by atoms with Crippen LogP contribution >= 0.6 is 0 Å². The third-order valence-electron chi connectivity index (χ3n) is 2.44. The van der Waals surface area contributed by atoms with Crippen LogP contribution in [0.4, 0.5) is 0 Å². The molecule has 4 heteroatoms. The van der Waals surface area contributed by atoms with Gasteiger partial charge in [-0.1, -0.05) is 47.0 Å². The van der Waals surface area contributed by atoms with Gasteiger partial charge in [-0.2, -0.15) is 4.21 Å². The van der Waals surface area contributed by atoms with E-state index in [1.54, 1.807) is 0 Å². The molecular weight excluding hydrogens is 224 g/mol. The fourth-order valence-corrected chi connectivity index (χ4v) is 2.03. The summed E-state index contributed by atoms with van der Waals surface area (Å²) in [7, 11) is 0. The van der Waals surface area contributed by atoms with Gasteiger partial charge in [-0.25, -0.2) is 0 Å². The lowest BCUT2D eigenvalue weighted by molar-refractivity contribution is 0.196. The van der Waals surface area contributed by atoms with Crippen molar-refractivity contribution in [3.05, 3.63) is 0 Å².